The van der Waals surface area contributed by atoms with Crippen LogP contribution in [0.25, 0.3) is 10.9 Å². The molecular formula is C17H21ClN4O4S. The zero-order chi connectivity index (χ0) is 19.6. The van der Waals surface area contributed by atoms with Crippen LogP contribution in [-0.4, -0.2) is 59.8 Å². The molecule has 0 radical (unpaired) electrons. The Balaban J connectivity index is 1.67. The zero-order valence-corrected chi connectivity index (χ0v) is 16.4. The molecule has 2 heterocycles. The number of benzene rings is 1. The Morgan fingerprint density at radius 1 is 1.44 bits per heavy atom. The standard InChI is InChI=1S/C17H21ClN4O4S/c1-2-22(9-16(23)19-12-5-6-27(25,26)10-12)8-15-20-14-7-11(18)3-4-13(14)17(24)21-15/h3-4,7,12H,2,5-6,8-10H2,1H3,(H,19,23)(H,20,21,24)/t12-/m1/s1. The van der Waals surface area contributed by atoms with E-state index < -0.39 is 9.84 Å². The Kier molecular flexibility index (Phi) is 5.83. The van der Waals surface area contributed by atoms with Gasteiger partial charge in [0.05, 0.1) is 35.5 Å². The Hall–Kier alpha value is -1.97. The maximum Gasteiger partial charge on any atom is 0.258 e. The molecule has 1 aromatic heterocycles. The molecule has 1 saturated heterocycles. The number of likely N-dealkylation sites (N-methyl/N-ethyl adjacent to an activating group) is 1. The molecule has 1 aliphatic heterocycles. The van der Waals surface area contributed by atoms with Crippen LogP contribution in [0.15, 0.2) is 23.0 Å². The molecule has 2 N–H and O–H groups in total. The summed E-state index contributed by atoms with van der Waals surface area (Å²) in [6.45, 7) is 2.83. The van der Waals surface area contributed by atoms with E-state index in [1.807, 2.05) is 11.8 Å². The number of nitrogens with one attached hydrogen (secondary N) is 2. The van der Waals surface area contributed by atoms with Crippen LogP contribution < -0.4 is 10.9 Å². The van der Waals surface area contributed by atoms with Crippen molar-refractivity contribution in [1.29, 1.82) is 0 Å². The number of aromatic amines is 1. The lowest BCUT2D eigenvalue weighted by molar-refractivity contribution is -0.122. The van der Waals surface area contributed by atoms with Gasteiger partial charge in [-0.1, -0.05) is 18.5 Å². The van der Waals surface area contributed by atoms with Gasteiger partial charge in [-0.25, -0.2) is 13.4 Å². The summed E-state index contributed by atoms with van der Waals surface area (Å²) >= 11 is 5.97. The molecule has 1 atom stereocenters. The topological polar surface area (TPSA) is 112 Å². The van der Waals surface area contributed by atoms with E-state index in [2.05, 4.69) is 15.3 Å². The van der Waals surface area contributed by atoms with Crippen LogP contribution in [0.5, 0.6) is 0 Å². The van der Waals surface area contributed by atoms with Gasteiger partial charge < -0.3 is 10.3 Å². The molecule has 0 aliphatic carbocycles. The Morgan fingerprint density at radius 3 is 2.89 bits per heavy atom. The fourth-order valence-corrected chi connectivity index (χ4v) is 4.95. The van der Waals surface area contributed by atoms with E-state index in [1.165, 1.54) is 0 Å². The minimum atomic E-state index is -3.04. The number of carbonyl (C=O) groups excluding carboxylic acids is 1. The summed E-state index contributed by atoms with van der Waals surface area (Å²) in [7, 11) is -3.04. The molecule has 27 heavy (non-hydrogen) atoms. The highest BCUT2D eigenvalue weighted by molar-refractivity contribution is 7.91. The second-order valence-corrected chi connectivity index (χ2v) is 9.31. The second-order valence-electron chi connectivity index (χ2n) is 6.64. The summed E-state index contributed by atoms with van der Waals surface area (Å²) in [5, 5.41) is 3.70. The van der Waals surface area contributed by atoms with Crippen LogP contribution in [0, 0.1) is 0 Å². The molecule has 10 heteroatoms. The Bertz CT molecular complexity index is 1020. The fourth-order valence-electron chi connectivity index (χ4n) is 3.11. The first kappa shape index (κ1) is 19.8. The van der Waals surface area contributed by atoms with E-state index in [0.717, 1.165) is 0 Å². The van der Waals surface area contributed by atoms with Crippen molar-refractivity contribution >= 4 is 38.2 Å². The van der Waals surface area contributed by atoms with Crippen molar-refractivity contribution in [2.45, 2.75) is 25.9 Å². The molecule has 1 aromatic carbocycles. The zero-order valence-electron chi connectivity index (χ0n) is 14.9. The van der Waals surface area contributed by atoms with Gasteiger partial charge in [0.1, 0.15) is 5.82 Å². The number of fused-ring (bicyclic) bond motifs is 1. The van der Waals surface area contributed by atoms with E-state index in [4.69, 9.17) is 11.6 Å². The smallest absolute Gasteiger partial charge is 0.258 e. The van der Waals surface area contributed by atoms with E-state index >= 15 is 0 Å². The highest BCUT2D eigenvalue weighted by Crippen LogP contribution is 2.15. The van der Waals surface area contributed by atoms with Gasteiger partial charge in [0.2, 0.25) is 5.91 Å². The van der Waals surface area contributed by atoms with E-state index in [0.29, 0.717) is 34.7 Å². The first-order chi connectivity index (χ1) is 12.8. The Morgan fingerprint density at radius 2 is 2.22 bits per heavy atom. The SMILES string of the molecule is CCN(CC(=O)N[C@@H]1CCS(=O)(=O)C1)Cc1nc2cc(Cl)ccc2c(=O)[nH]1. The minimum absolute atomic E-state index is 0.00876. The molecule has 0 spiro atoms. The van der Waals surface area contributed by atoms with Crippen molar-refractivity contribution in [3.05, 3.63) is 39.4 Å². The normalized spacial score (nSPS) is 18.9. The monoisotopic (exact) mass is 412 g/mol. The van der Waals surface area contributed by atoms with Crippen molar-refractivity contribution in [2.24, 2.45) is 0 Å². The molecule has 0 unspecified atom stereocenters. The van der Waals surface area contributed by atoms with Gasteiger partial charge in [-0.3, -0.25) is 14.5 Å². The number of carbonyl (C=O) groups is 1. The molecule has 0 saturated carbocycles. The van der Waals surface area contributed by atoms with Gasteiger partial charge in [-0.2, -0.15) is 0 Å². The van der Waals surface area contributed by atoms with E-state index in [-0.39, 0.29) is 42.1 Å². The van der Waals surface area contributed by atoms with E-state index in [9.17, 15) is 18.0 Å². The molecule has 1 amide bonds. The van der Waals surface area contributed by atoms with Gasteiger partial charge >= 0.3 is 0 Å². The number of halogens is 1. The lowest BCUT2D eigenvalue weighted by Crippen LogP contribution is -2.42. The first-order valence-electron chi connectivity index (χ1n) is 8.66. The first-order valence-corrected chi connectivity index (χ1v) is 10.9. The number of nitrogens with zero attached hydrogens (tertiary/aromatic N) is 2. The number of H-pyrrole nitrogens is 1. The van der Waals surface area contributed by atoms with E-state index in [1.54, 1.807) is 18.2 Å². The summed E-state index contributed by atoms with van der Waals surface area (Å²) in [5.41, 5.74) is 0.237. The second kappa shape index (κ2) is 7.95. The summed E-state index contributed by atoms with van der Waals surface area (Å²) in [6, 6.07) is 4.54. The van der Waals surface area contributed by atoms with Gasteiger partial charge in [0, 0.05) is 11.1 Å². The van der Waals surface area contributed by atoms with Crippen LogP contribution in [0.1, 0.15) is 19.2 Å². The quantitative estimate of drug-likeness (QED) is 0.722. The largest absolute Gasteiger partial charge is 0.351 e. The number of aromatic nitrogens is 2. The lowest BCUT2D eigenvalue weighted by atomic mass is 10.2. The molecular weight excluding hydrogens is 392 g/mol. The van der Waals surface area contributed by atoms with Crippen molar-refractivity contribution in [3.8, 4) is 0 Å². The maximum atomic E-state index is 12.2. The average molecular weight is 413 g/mol. The maximum absolute atomic E-state index is 12.2. The van der Waals surface area contributed by atoms with Gasteiger partial charge in [-0.15, -0.1) is 0 Å². The average Bonchev–Trinajstić information content (AvgIpc) is 2.92. The predicted octanol–water partition coefficient (Wildman–Crippen LogP) is 0.702. The third kappa shape index (κ3) is 5.06. The van der Waals surface area contributed by atoms with Crippen LogP contribution >= 0.6 is 11.6 Å². The molecule has 3 rings (SSSR count). The number of sulfone groups is 1. The van der Waals surface area contributed by atoms with Crippen LogP contribution in [0.2, 0.25) is 5.02 Å². The number of amides is 1. The van der Waals surface area contributed by atoms with Crippen molar-refractivity contribution in [3.63, 3.8) is 0 Å². The molecule has 0 bridgehead atoms. The molecule has 1 aliphatic rings. The van der Waals surface area contributed by atoms with Gasteiger partial charge in [0.15, 0.2) is 9.84 Å². The van der Waals surface area contributed by atoms with Crippen molar-refractivity contribution < 1.29 is 13.2 Å². The minimum Gasteiger partial charge on any atom is -0.351 e. The molecule has 2 aromatic rings. The van der Waals surface area contributed by atoms with Gasteiger partial charge in [-0.05, 0) is 31.2 Å². The number of hydrogen-bond donors (Lipinski definition) is 2. The number of hydrogen-bond acceptors (Lipinski definition) is 6. The molecule has 8 nitrogen and oxygen atoms in total. The summed E-state index contributed by atoms with van der Waals surface area (Å²) in [5.74, 6) is 0.295. The third-order valence-electron chi connectivity index (χ3n) is 4.50. The molecule has 146 valence electrons. The van der Waals surface area contributed by atoms with Crippen LogP contribution in [-0.2, 0) is 21.2 Å². The van der Waals surface area contributed by atoms with Crippen LogP contribution in [0.3, 0.4) is 0 Å². The van der Waals surface area contributed by atoms with Crippen molar-refractivity contribution in [1.82, 2.24) is 20.2 Å². The summed E-state index contributed by atoms with van der Waals surface area (Å²) in [4.78, 5) is 33.4. The number of rotatable bonds is 6. The third-order valence-corrected chi connectivity index (χ3v) is 6.51. The van der Waals surface area contributed by atoms with Gasteiger partial charge in [0.25, 0.3) is 5.56 Å². The highest BCUT2D eigenvalue weighted by Gasteiger charge is 2.29. The van der Waals surface area contributed by atoms with Crippen molar-refractivity contribution in [2.75, 3.05) is 24.6 Å². The molecule has 1 fully saturated rings. The lowest BCUT2D eigenvalue weighted by Gasteiger charge is -2.20. The van der Waals surface area contributed by atoms with Crippen LogP contribution in [0.4, 0.5) is 0 Å². The summed E-state index contributed by atoms with van der Waals surface area (Å²) < 4.78 is 23.0. The highest BCUT2D eigenvalue weighted by atomic mass is 35.5. The summed E-state index contributed by atoms with van der Waals surface area (Å²) in [6.07, 6.45) is 0.445. The Labute approximate surface area is 161 Å². The fraction of sp³-hybridized carbons (Fsp3) is 0.471. The predicted molar refractivity (Wildman–Crippen MR) is 104 cm³/mol.